The first kappa shape index (κ1) is 16.3. The summed E-state index contributed by atoms with van der Waals surface area (Å²) >= 11 is 0. The average Bonchev–Trinajstić information content (AvgIpc) is 2.62. The molecule has 1 aliphatic rings. The molecule has 3 rings (SSSR count). The average molecular weight is 328 g/mol. The Hall–Kier alpha value is -1.61. The van der Waals surface area contributed by atoms with Gasteiger partial charge in [0.05, 0.1) is 11.0 Å². The van der Waals surface area contributed by atoms with Crippen molar-refractivity contribution in [3.63, 3.8) is 0 Å². The van der Waals surface area contributed by atoms with Crippen molar-refractivity contribution in [1.82, 2.24) is 0 Å². The lowest BCUT2D eigenvalue weighted by molar-refractivity contribution is 0.483. The molecule has 1 saturated carbocycles. The summed E-state index contributed by atoms with van der Waals surface area (Å²) in [6.45, 7) is 0. The molecule has 2 aromatic carbocycles. The molecule has 0 bridgehead atoms. The fourth-order valence-electron chi connectivity index (χ4n) is 3.35. The van der Waals surface area contributed by atoms with Crippen LogP contribution in [0.15, 0.2) is 54.6 Å². The van der Waals surface area contributed by atoms with Crippen LogP contribution in [-0.2, 0) is 16.3 Å². The first-order chi connectivity index (χ1) is 11.1. The molecule has 2 aromatic rings. The van der Waals surface area contributed by atoms with Gasteiger partial charge in [-0.1, -0.05) is 73.9 Å². The van der Waals surface area contributed by atoms with E-state index in [2.05, 4.69) is 36.4 Å². The summed E-state index contributed by atoms with van der Waals surface area (Å²) in [6, 6.07) is 18.5. The van der Waals surface area contributed by atoms with E-state index >= 15 is 0 Å². The van der Waals surface area contributed by atoms with Gasteiger partial charge in [-0.05, 0) is 36.0 Å². The molecule has 0 unspecified atom stereocenters. The van der Waals surface area contributed by atoms with Crippen molar-refractivity contribution < 1.29 is 8.42 Å². The Balaban J connectivity index is 1.62. The van der Waals surface area contributed by atoms with Crippen LogP contribution in [0.4, 0.5) is 0 Å². The molecule has 0 saturated heterocycles. The molecule has 0 amide bonds. The van der Waals surface area contributed by atoms with Crippen LogP contribution < -0.4 is 0 Å². The smallest absolute Gasteiger partial charge is 0.153 e. The van der Waals surface area contributed by atoms with Gasteiger partial charge in [-0.2, -0.15) is 0 Å². The Bertz CT molecular complexity index is 712. The van der Waals surface area contributed by atoms with Crippen molar-refractivity contribution in [2.45, 2.75) is 43.8 Å². The Morgan fingerprint density at radius 2 is 1.39 bits per heavy atom. The van der Waals surface area contributed by atoms with E-state index in [1.165, 1.54) is 17.5 Å². The Morgan fingerprint density at radius 1 is 0.783 bits per heavy atom. The molecule has 0 radical (unpaired) electrons. The predicted molar refractivity (Wildman–Crippen MR) is 96.2 cm³/mol. The number of rotatable bonds is 5. The second kappa shape index (κ2) is 7.31. The van der Waals surface area contributed by atoms with E-state index in [0.717, 1.165) is 31.2 Å². The zero-order chi connectivity index (χ0) is 16.1. The lowest BCUT2D eigenvalue weighted by Gasteiger charge is -2.21. The maximum Gasteiger partial charge on any atom is 0.153 e. The molecule has 23 heavy (non-hydrogen) atoms. The maximum absolute atomic E-state index is 12.4. The third-order valence-electron chi connectivity index (χ3n) is 4.80. The standard InChI is InChI=1S/C20H24O2S/c21-23(22,20-9-5-2-6-10-20)16-15-17-11-13-19(14-12-17)18-7-3-1-4-8-18/h1,3-4,7-8,11-14,20H,2,5-6,9-10,15-16H2. The zero-order valence-electron chi connectivity index (χ0n) is 13.4. The highest BCUT2D eigenvalue weighted by Gasteiger charge is 2.26. The molecule has 0 aromatic heterocycles. The van der Waals surface area contributed by atoms with Crippen molar-refractivity contribution in [2.24, 2.45) is 0 Å². The van der Waals surface area contributed by atoms with E-state index in [0.29, 0.717) is 6.42 Å². The highest BCUT2D eigenvalue weighted by atomic mass is 32.2. The monoisotopic (exact) mass is 328 g/mol. The van der Waals surface area contributed by atoms with E-state index in [1.54, 1.807) is 0 Å². The summed E-state index contributed by atoms with van der Waals surface area (Å²) in [7, 11) is -2.94. The van der Waals surface area contributed by atoms with Gasteiger partial charge in [-0.25, -0.2) is 8.42 Å². The number of benzene rings is 2. The Labute approximate surface area is 139 Å². The van der Waals surface area contributed by atoms with Crippen molar-refractivity contribution in [2.75, 3.05) is 5.75 Å². The molecule has 1 aliphatic carbocycles. The summed E-state index contributed by atoms with van der Waals surface area (Å²) in [6.07, 6.45) is 5.65. The lowest BCUT2D eigenvalue weighted by atomic mass is 10.0. The lowest BCUT2D eigenvalue weighted by Crippen LogP contribution is -2.27. The molecule has 1 fully saturated rings. The molecule has 0 heterocycles. The van der Waals surface area contributed by atoms with Gasteiger partial charge in [0.25, 0.3) is 0 Å². The molecular weight excluding hydrogens is 304 g/mol. The van der Waals surface area contributed by atoms with Gasteiger partial charge in [-0.15, -0.1) is 0 Å². The predicted octanol–water partition coefficient (Wildman–Crippen LogP) is 4.64. The number of hydrogen-bond donors (Lipinski definition) is 0. The molecular formula is C20H24O2S. The molecule has 2 nitrogen and oxygen atoms in total. The second-order valence-electron chi connectivity index (χ2n) is 6.44. The molecule has 3 heteroatoms. The van der Waals surface area contributed by atoms with Crippen LogP contribution >= 0.6 is 0 Å². The van der Waals surface area contributed by atoms with Gasteiger partial charge >= 0.3 is 0 Å². The highest BCUT2D eigenvalue weighted by molar-refractivity contribution is 7.92. The summed E-state index contributed by atoms with van der Waals surface area (Å²) in [5, 5.41) is -0.0974. The molecule has 0 atom stereocenters. The maximum atomic E-state index is 12.4. The third kappa shape index (κ3) is 4.23. The molecule has 0 spiro atoms. The van der Waals surface area contributed by atoms with Gasteiger partial charge in [-0.3, -0.25) is 0 Å². The van der Waals surface area contributed by atoms with E-state index in [-0.39, 0.29) is 11.0 Å². The van der Waals surface area contributed by atoms with Crippen molar-refractivity contribution in [3.8, 4) is 11.1 Å². The van der Waals surface area contributed by atoms with Crippen LogP contribution in [0.25, 0.3) is 11.1 Å². The SMILES string of the molecule is O=S(=O)(CCc1ccc(-c2ccccc2)cc1)C1CCCCC1. The van der Waals surface area contributed by atoms with Gasteiger partial charge in [0, 0.05) is 0 Å². The van der Waals surface area contributed by atoms with Crippen LogP contribution in [0.2, 0.25) is 0 Å². The minimum atomic E-state index is -2.94. The van der Waals surface area contributed by atoms with Crippen LogP contribution in [-0.4, -0.2) is 19.4 Å². The third-order valence-corrected chi connectivity index (χ3v) is 7.06. The fraction of sp³-hybridized carbons (Fsp3) is 0.400. The fourth-order valence-corrected chi connectivity index (χ4v) is 5.25. The largest absolute Gasteiger partial charge is 0.229 e. The number of hydrogen-bond acceptors (Lipinski definition) is 2. The van der Waals surface area contributed by atoms with Gasteiger partial charge < -0.3 is 0 Å². The summed E-state index contributed by atoms with van der Waals surface area (Å²) in [4.78, 5) is 0. The zero-order valence-corrected chi connectivity index (χ0v) is 14.3. The molecule has 122 valence electrons. The summed E-state index contributed by atoms with van der Waals surface area (Å²) in [5.74, 6) is 0.280. The van der Waals surface area contributed by atoms with Crippen LogP contribution in [0.1, 0.15) is 37.7 Å². The van der Waals surface area contributed by atoms with Crippen molar-refractivity contribution >= 4 is 9.84 Å². The van der Waals surface area contributed by atoms with Crippen LogP contribution in [0.3, 0.4) is 0 Å². The quantitative estimate of drug-likeness (QED) is 0.801. The number of sulfone groups is 1. The minimum Gasteiger partial charge on any atom is -0.229 e. The van der Waals surface area contributed by atoms with Crippen molar-refractivity contribution in [1.29, 1.82) is 0 Å². The molecule has 0 N–H and O–H groups in total. The topological polar surface area (TPSA) is 34.1 Å². The van der Waals surface area contributed by atoms with Gasteiger partial charge in [0.2, 0.25) is 0 Å². The van der Waals surface area contributed by atoms with E-state index in [1.807, 2.05) is 18.2 Å². The van der Waals surface area contributed by atoms with Crippen LogP contribution in [0, 0.1) is 0 Å². The van der Waals surface area contributed by atoms with Crippen molar-refractivity contribution in [3.05, 3.63) is 60.2 Å². The molecule has 0 aliphatic heterocycles. The minimum absolute atomic E-state index is 0.0974. The van der Waals surface area contributed by atoms with E-state index < -0.39 is 9.84 Å². The second-order valence-corrected chi connectivity index (χ2v) is 8.84. The number of aryl methyl sites for hydroxylation is 1. The first-order valence-electron chi connectivity index (χ1n) is 8.51. The Morgan fingerprint density at radius 3 is 2.04 bits per heavy atom. The summed E-state index contributed by atoms with van der Waals surface area (Å²) in [5.41, 5.74) is 3.46. The highest BCUT2D eigenvalue weighted by Crippen LogP contribution is 2.25. The van der Waals surface area contributed by atoms with Gasteiger partial charge in [0.1, 0.15) is 0 Å². The van der Waals surface area contributed by atoms with Crippen LogP contribution in [0.5, 0.6) is 0 Å². The normalized spacial score (nSPS) is 16.3. The van der Waals surface area contributed by atoms with Gasteiger partial charge in [0.15, 0.2) is 9.84 Å². The first-order valence-corrected chi connectivity index (χ1v) is 10.2. The summed E-state index contributed by atoms with van der Waals surface area (Å²) < 4.78 is 24.9. The Kier molecular flexibility index (Phi) is 5.16. The van der Waals surface area contributed by atoms with E-state index in [9.17, 15) is 8.42 Å². The van der Waals surface area contributed by atoms with E-state index in [4.69, 9.17) is 0 Å².